The van der Waals surface area contributed by atoms with Crippen molar-refractivity contribution in [1.82, 2.24) is 9.55 Å². The Labute approximate surface area is 124 Å². The molecule has 0 aliphatic heterocycles. The van der Waals surface area contributed by atoms with Gasteiger partial charge < -0.3 is 14.6 Å². The number of imidazole rings is 1. The third-order valence-corrected chi connectivity index (χ3v) is 4.39. The van der Waals surface area contributed by atoms with Gasteiger partial charge in [-0.3, -0.25) is 0 Å². The van der Waals surface area contributed by atoms with Crippen LogP contribution in [-0.4, -0.2) is 29.3 Å². The molecule has 0 fully saturated rings. The molecule has 0 spiro atoms. The Balaban J connectivity index is 2.21. The first-order valence-electron chi connectivity index (χ1n) is 6.88. The van der Waals surface area contributed by atoms with Crippen LogP contribution in [0.3, 0.4) is 0 Å². The lowest BCUT2D eigenvalue weighted by molar-refractivity contribution is 0.190. The molecule has 2 aromatic rings. The summed E-state index contributed by atoms with van der Waals surface area (Å²) in [5.41, 5.74) is 1.37. The van der Waals surface area contributed by atoms with Crippen molar-refractivity contribution in [2.75, 3.05) is 19.0 Å². The molecule has 2 atom stereocenters. The second-order valence-corrected chi connectivity index (χ2v) is 6.66. The number of hydrogen-bond acceptors (Lipinski definition) is 4. The van der Waals surface area contributed by atoms with Crippen LogP contribution in [0.2, 0.25) is 0 Å². The van der Waals surface area contributed by atoms with Gasteiger partial charge in [-0.25, -0.2) is 4.98 Å². The first kappa shape index (κ1) is 15.1. The van der Waals surface area contributed by atoms with Gasteiger partial charge >= 0.3 is 0 Å². The Bertz CT molecular complexity index is 561. The van der Waals surface area contributed by atoms with E-state index in [-0.39, 0.29) is 12.1 Å². The SMILES string of the molecule is COCC(C)Nc1nccn1C(C)c1cc(C)sc1C. The van der Waals surface area contributed by atoms with Crippen molar-refractivity contribution in [1.29, 1.82) is 0 Å². The van der Waals surface area contributed by atoms with Crippen molar-refractivity contribution in [3.05, 3.63) is 33.8 Å². The van der Waals surface area contributed by atoms with Crippen molar-refractivity contribution in [3.8, 4) is 0 Å². The van der Waals surface area contributed by atoms with Crippen LogP contribution in [-0.2, 0) is 4.74 Å². The van der Waals surface area contributed by atoms with Gasteiger partial charge in [0.2, 0.25) is 5.95 Å². The van der Waals surface area contributed by atoms with Crippen molar-refractivity contribution in [2.24, 2.45) is 0 Å². The number of anilines is 1. The molecule has 0 saturated heterocycles. The summed E-state index contributed by atoms with van der Waals surface area (Å²) in [6.07, 6.45) is 3.87. The van der Waals surface area contributed by atoms with Gasteiger partial charge in [0.15, 0.2) is 0 Å². The number of nitrogens with zero attached hydrogens (tertiary/aromatic N) is 2. The summed E-state index contributed by atoms with van der Waals surface area (Å²) in [5, 5.41) is 3.40. The minimum absolute atomic E-state index is 0.235. The predicted octanol–water partition coefficient (Wildman–Crippen LogP) is 3.62. The molecule has 5 heteroatoms. The number of aryl methyl sites for hydroxylation is 2. The predicted molar refractivity (Wildman–Crippen MR) is 84.8 cm³/mol. The number of methoxy groups -OCH3 is 1. The summed E-state index contributed by atoms with van der Waals surface area (Å²) in [5.74, 6) is 0.894. The molecule has 0 bridgehead atoms. The molecule has 0 aliphatic rings. The molecule has 0 saturated carbocycles. The maximum absolute atomic E-state index is 5.16. The first-order chi connectivity index (χ1) is 9.52. The fourth-order valence-corrected chi connectivity index (χ4v) is 3.48. The maximum atomic E-state index is 5.16. The quantitative estimate of drug-likeness (QED) is 0.884. The Morgan fingerprint density at radius 2 is 2.15 bits per heavy atom. The Hall–Kier alpha value is -1.33. The minimum Gasteiger partial charge on any atom is -0.383 e. The molecule has 1 N–H and O–H groups in total. The van der Waals surface area contributed by atoms with Crippen LogP contribution in [0, 0.1) is 13.8 Å². The van der Waals surface area contributed by atoms with Gasteiger partial charge in [0.1, 0.15) is 0 Å². The summed E-state index contributed by atoms with van der Waals surface area (Å²) in [6.45, 7) is 9.30. The highest BCUT2D eigenvalue weighted by Gasteiger charge is 2.16. The number of hydrogen-bond donors (Lipinski definition) is 1. The molecule has 0 amide bonds. The van der Waals surface area contributed by atoms with Gasteiger partial charge in [0.25, 0.3) is 0 Å². The summed E-state index contributed by atoms with van der Waals surface area (Å²) in [7, 11) is 1.71. The van der Waals surface area contributed by atoms with Crippen molar-refractivity contribution < 1.29 is 4.74 Å². The van der Waals surface area contributed by atoms with E-state index in [1.54, 1.807) is 7.11 Å². The maximum Gasteiger partial charge on any atom is 0.203 e. The third kappa shape index (κ3) is 3.22. The molecule has 0 radical (unpaired) electrons. The van der Waals surface area contributed by atoms with E-state index in [4.69, 9.17) is 4.74 Å². The molecular formula is C15H23N3OS. The van der Waals surface area contributed by atoms with E-state index in [1.807, 2.05) is 23.7 Å². The lowest BCUT2D eigenvalue weighted by atomic mass is 10.1. The molecule has 4 nitrogen and oxygen atoms in total. The van der Waals surface area contributed by atoms with Gasteiger partial charge in [-0.15, -0.1) is 11.3 Å². The van der Waals surface area contributed by atoms with E-state index in [1.165, 1.54) is 15.3 Å². The molecule has 2 aromatic heterocycles. The van der Waals surface area contributed by atoms with Crippen molar-refractivity contribution in [3.63, 3.8) is 0 Å². The van der Waals surface area contributed by atoms with Crippen LogP contribution in [0.4, 0.5) is 5.95 Å². The van der Waals surface area contributed by atoms with E-state index in [2.05, 4.69) is 48.6 Å². The van der Waals surface area contributed by atoms with Crippen molar-refractivity contribution in [2.45, 2.75) is 39.8 Å². The fraction of sp³-hybridized carbons (Fsp3) is 0.533. The lowest BCUT2D eigenvalue weighted by Gasteiger charge is -2.20. The number of thiophene rings is 1. The van der Waals surface area contributed by atoms with Crippen LogP contribution >= 0.6 is 11.3 Å². The molecule has 0 aromatic carbocycles. The van der Waals surface area contributed by atoms with E-state index in [9.17, 15) is 0 Å². The average molecular weight is 293 g/mol. The number of nitrogens with one attached hydrogen (secondary N) is 1. The van der Waals surface area contributed by atoms with Crippen LogP contribution in [0.1, 0.15) is 35.2 Å². The van der Waals surface area contributed by atoms with Gasteiger partial charge in [-0.05, 0) is 39.3 Å². The van der Waals surface area contributed by atoms with E-state index in [0.717, 1.165) is 5.95 Å². The van der Waals surface area contributed by atoms with E-state index < -0.39 is 0 Å². The first-order valence-corrected chi connectivity index (χ1v) is 7.69. The molecule has 2 unspecified atom stereocenters. The minimum atomic E-state index is 0.235. The Morgan fingerprint density at radius 3 is 2.75 bits per heavy atom. The Morgan fingerprint density at radius 1 is 1.40 bits per heavy atom. The van der Waals surface area contributed by atoms with E-state index in [0.29, 0.717) is 6.61 Å². The summed E-state index contributed by atoms with van der Waals surface area (Å²) < 4.78 is 7.34. The standard InChI is InChI=1S/C15H23N3OS/c1-10(9-19-5)17-15-16-6-7-18(15)12(3)14-8-11(2)20-13(14)4/h6-8,10,12H,9H2,1-5H3,(H,16,17). The fourth-order valence-electron chi connectivity index (χ4n) is 2.46. The monoisotopic (exact) mass is 293 g/mol. The largest absolute Gasteiger partial charge is 0.383 e. The zero-order valence-corrected chi connectivity index (χ0v) is 13.6. The third-order valence-electron chi connectivity index (χ3n) is 3.41. The lowest BCUT2D eigenvalue weighted by Crippen LogP contribution is -2.24. The summed E-state index contributed by atoms with van der Waals surface area (Å²) in [6, 6.07) is 2.78. The number of ether oxygens (including phenoxy) is 1. The van der Waals surface area contributed by atoms with Gasteiger partial charge in [0.05, 0.1) is 12.6 Å². The van der Waals surface area contributed by atoms with Crippen LogP contribution in [0.5, 0.6) is 0 Å². The normalized spacial score (nSPS) is 14.2. The highest BCUT2D eigenvalue weighted by atomic mass is 32.1. The number of aromatic nitrogens is 2. The zero-order chi connectivity index (χ0) is 14.7. The van der Waals surface area contributed by atoms with Crippen LogP contribution in [0.25, 0.3) is 0 Å². The van der Waals surface area contributed by atoms with Gasteiger partial charge in [-0.2, -0.15) is 0 Å². The second kappa shape index (κ2) is 6.41. The number of rotatable bonds is 6. The summed E-state index contributed by atoms with van der Waals surface area (Å²) in [4.78, 5) is 7.15. The van der Waals surface area contributed by atoms with Crippen LogP contribution < -0.4 is 5.32 Å². The highest BCUT2D eigenvalue weighted by Crippen LogP contribution is 2.30. The highest BCUT2D eigenvalue weighted by molar-refractivity contribution is 7.12. The second-order valence-electron chi connectivity index (χ2n) is 5.20. The van der Waals surface area contributed by atoms with Crippen molar-refractivity contribution >= 4 is 17.3 Å². The zero-order valence-electron chi connectivity index (χ0n) is 12.8. The smallest absolute Gasteiger partial charge is 0.203 e. The average Bonchev–Trinajstić information content (AvgIpc) is 2.95. The van der Waals surface area contributed by atoms with Crippen LogP contribution in [0.15, 0.2) is 18.5 Å². The molecule has 2 heterocycles. The summed E-state index contributed by atoms with van der Waals surface area (Å²) >= 11 is 1.85. The molecule has 110 valence electrons. The van der Waals surface area contributed by atoms with Gasteiger partial charge in [-0.1, -0.05) is 0 Å². The molecular weight excluding hydrogens is 270 g/mol. The topological polar surface area (TPSA) is 39.1 Å². The molecule has 2 rings (SSSR count). The molecule has 0 aliphatic carbocycles. The Kier molecular flexibility index (Phi) is 4.83. The molecule has 20 heavy (non-hydrogen) atoms. The van der Waals surface area contributed by atoms with Gasteiger partial charge in [0, 0.05) is 35.3 Å². The van der Waals surface area contributed by atoms with E-state index >= 15 is 0 Å².